The van der Waals surface area contributed by atoms with Crippen LogP contribution in [0.2, 0.25) is 0 Å². The summed E-state index contributed by atoms with van der Waals surface area (Å²) in [6, 6.07) is 0.347. The van der Waals surface area contributed by atoms with Gasteiger partial charge in [-0.2, -0.15) is 0 Å². The smallest absolute Gasteiger partial charge is 0.129 e. The van der Waals surface area contributed by atoms with E-state index < -0.39 is 0 Å². The summed E-state index contributed by atoms with van der Waals surface area (Å²) >= 11 is 0. The first-order chi connectivity index (χ1) is 11.6. The third-order valence-electron chi connectivity index (χ3n) is 5.25. The van der Waals surface area contributed by atoms with Crippen LogP contribution in [0.4, 0.5) is 0 Å². The van der Waals surface area contributed by atoms with Crippen molar-refractivity contribution in [2.75, 3.05) is 6.61 Å². The van der Waals surface area contributed by atoms with Gasteiger partial charge in [0.05, 0.1) is 18.8 Å². The molecule has 1 fully saturated rings. The molecule has 1 aliphatic rings. The summed E-state index contributed by atoms with van der Waals surface area (Å²) in [5, 5.41) is 22.3. The fourth-order valence-corrected chi connectivity index (χ4v) is 3.65. The van der Waals surface area contributed by atoms with Crippen LogP contribution in [0.1, 0.15) is 96.8 Å². The van der Waals surface area contributed by atoms with Crippen LogP contribution in [0.15, 0.2) is 0 Å². The van der Waals surface area contributed by atoms with E-state index in [-0.39, 0.29) is 18.8 Å². The molecule has 1 rings (SSSR count). The lowest BCUT2D eigenvalue weighted by Gasteiger charge is -2.34. The molecule has 1 aliphatic heterocycles. The molecule has 1 saturated heterocycles. The minimum atomic E-state index is -0.381. The molecule has 0 aromatic heterocycles. The highest BCUT2D eigenvalue weighted by Gasteiger charge is 2.27. The standard InChI is InChI=1S/C20H39NO3/c1-17(23)12-10-8-6-4-2-3-5-7-9-11-13-18-14-15-20(24)19(16-22)21-18/h18-22,24H,2-16H2,1H3/t18-,19+,20+/m0/s1. The number of hydrogen-bond donors (Lipinski definition) is 3. The van der Waals surface area contributed by atoms with E-state index in [9.17, 15) is 15.0 Å². The fourth-order valence-electron chi connectivity index (χ4n) is 3.65. The summed E-state index contributed by atoms with van der Waals surface area (Å²) in [7, 11) is 0. The molecule has 0 aliphatic carbocycles. The van der Waals surface area contributed by atoms with Crippen molar-refractivity contribution >= 4 is 5.78 Å². The topological polar surface area (TPSA) is 69.6 Å². The van der Waals surface area contributed by atoms with Gasteiger partial charge in [0.15, 0.2) is 0 Å². The van der Waals surface area contributed by atoms with Gasteiger partial charge in [-0.05, 0) is 32.6 Å². The van der Waals surface area contributed by atoms with E-state index in [0.29, 0.717) is 11.8 Å². The molecule has 0 aromatic carbocycles. The number of Topliss-reactive ketones (excluding diaryl/α,β-unsaturated/α-hetero) is 1. The van der Waals surface area contributed by atoms with Gasteiger partial charge in [-0.25, -0.2) is 0 Å². The van der Waals surface area contributed by atoms with Gasteiger partial charge in [0.2, 0.25) is 0 Å². The minimum Gasteiger partial charge on any atom is -0.395 e. The molecule has 4 nitrogen and oxygen atoms in total. The van der Waals surface area contributed by atoms with Crippen LogP contribution in [-0.4, -0.2) is 40.8 Å². The average Bonchev–Trinajstić information content (AvgIpc) is 2.57. The van der Waals surface area contributed by atoms with E-state index >= 15 is 0 Å². The zero-order valence-electron chi connectivity index (χ0n) is 15.6. The Labute approximate surface area is 148 Å². The molecule has 0 aromatic rings. The van der Waals surface area contributed by atoms with Gasteiger partial charge in [-0.1, -0.05) is 57.8 Å². The highest BCUT2D eigenvalue weighted by molar-refractivity contribution is 5.75. The Bertz CT molecular complexity index is 322. The second kappa shape index (κ2) is 13.8. The van der Waals surface area contributed by atoms with Gasteiger partial charge in [-0.3, -0.25) is 0 Å². The third-order valence-corrected chi connectivity index (χ3v) is 5.25. The number of aliphatic hydroxyl groups excluding tert-OH is 2. The first-order valence-electron chi connectivity index (χ1n) is 10.2. The predicted molar refractivity (Wildman–Crippen MR) is 99.1 cm³/mol. The van der Waals surface area contributed by atoms with Crippen LogP contribution >= 0.6 is 0 Å². The lowest BCUT2D eigenvalue weighted by Crippen LogP contribution is -2.52. The van der Waals surface area contributed by atoms with Crippen LogP contribution in [0.5, 0.6) is 0 Å². The zero-order valence-corrected chi connectivity index (χ0v) is 15.6. The molecule has 3 atom stereocenters. The number of rotatable bonds is 14. The van der Waals surface area contributed by atoms with E-state index in [1.807, 2.05) is 0 Å². The molecule has 0 saturated carbocycles. The zero-order chi connectivity index (χ0) is 17.6. The summed E-state index contributed by atoms with van der Waals surface area (Å²) < 4.78 is 0. The summed E-state index contributed by atoms with van der Waals surface area (Å²) in [5.74, 6) is 0.321. The van der Waals surface area contributed by atoms with E-state index in [2.05, 4.69) is 5.32 Å². The molecule has 1 heterocycles. The number of hydrogen-bond acceptors (Lipinski definition) is 4. The summed E-state index contributed by atoms with van der Waals surface area (Å²) in [5.41, 5.74) is 0. The average molecular weight is 342 g/mol. The molecule has 4 heteroatoms. The van der Waals surface area contributed by atoms with Gasteiger partial charge >= 0.3 is 0 Å². The van der Waals surface area contributed by atoms with Crippen LogP contribution in [0.25, 0.3) is 0 Å². The molecule has 0 unspecified atom stereocenters. The lowest BCUT2D eigenvalue weighted by atomic mass is 9.93. The Kier molecular flexibility index (Phi) is 12.4. The number of ketones is 1. The number of nitrogens with one attached hydrogen (secondary N) is 1. The van der Waals surface area contributed by atoms with Gasteiger partial charge in [0.1, 0.15) is 5.78 Å². The number of carbonyl (C=O) groups excluding carboxylic acids is 1. The maximum absolute atomic E-state index is 10.8. The van der Waals surface area contributed by atoms with Crippen molar-refractivity contribution in [1.82, 2.24) is 5.32 Å². The number of unbranched alkanes of at least 4 members (excludes halogenated alkanes) is 9. The first kappa shape index (κ1) is 21.6. The molecular formula is C20H39NO3. The molecular weight excluding hydrogens is 302 g/mol. The molecule has 0 radical (unpaired) electrons. The number of carbonyl (C=O) groups is 1. The van der Waals surface area contributed by atoms with Gasteiger partial charge in [-0.15, -0.1) is 0 Å². The van der Waals surface area contributed by atoms with E-state index in [4.69, 9.17) is 0 Å². The molecule has 3 N–H and O–H groups in total. The first-order valence-corrected chi connectivity index (χ1v) is 10.2. The largest absolute Gasteiger partial charge is 0.395 e. The summed E-state index contributed by atoms with van der Waals surface area (Å²) in [6.07, 6.45) is 16.1. The Hall–Kier alpha value is -0.450. The normalized spacial score (nSPS) is 24.2. The molecule has 142 valence electrons. The van der Waals surface area contributed by atoms with Crippen LogP contribution in [-0.2, 0) is 4.79 Å². The van der Waals surface area contributed by atoms with Crippen molar-refractivity contribution in [3.05, 3.63) is 0 Å². The van der Waals surface area contributed by atoms with Gasteiger partial charge < -0.3 is 20.3 Å². The quantitative estimate of drug-likeness (QED) is 0.421. The van der Waals surface area contributed by atoms with E-state index in [1.165, 1.54) is 64.2 Å². The van der Waals surface area contributed by atoms with E-state index in [1.54, 1.807) is 6.92 Å². The highest BCUT2D eigenvalue weighted by Crippen LogP contribution is 2.19. The molecule has 0 bridgehead atoms. The van der Waals surface area contributed by atoms with Gasteiger partial charge in [0.25, 0.3) is 0 Å². The Morgan fingerprint density at radius 3 is 2.00 bits per heavy atom. The van der Waals surface area contributed by atoms with E-state index in [0.717, 1.165) is 25.7 Å². The van der Waals surface area contributed by atoms with Crippen molar-refractivity contribution in [3.8, 4) is 0 Å². The van der Waals surface area contributed by atoms with Crippen molar-refractivity contribution in [2.24, 2.45) is 0 Å². The Morgan fingerprint density at radius 2 is 1.46 bits per heavy atom. The van der Waals surface area contributed by atoms with Crippen molar-refractivity contribution in [3.63, 3.8) is 0 Å². The summed E-state index contributed by atoms with van der Waals surface area (Å²) in [6.45, 7) is 1.71. The molecule has 24 heavy (non-hydrogen) atoms. The van der Waals surface area contributed by atoms with Crippen molar-refractivity contribution in [1.29, 1.82) is 0 Å². The number of aliphatic hydroxyl groups is 2. The SMILES string of the molecule is CC(=O)CCCCCCCCCCCC[C@H]1CC[C@@H](O)[C@@H](CO)N1. The van der Waals surface area contributed by atoms with Crippen molar-refractivity contribution < 1.29 is 15.0 Å². The van der Waals surface area contributed by atoms with Crippen LogP contribution in [0.3, 0.4) is 0 Å². The molecule has 0 spiro atoms. The van der Waals surface area contributed by atoms with Crippen LogP contribution in [0, 0.1) is 0 Å². The van der Waals surface area contributed by atoms with Crippen molar-refractivity contribution in [2.45, 2.75) is 115 Å². The summed E-state index contributed by atoms with van der Waals surface area (Å²) in [4.78, 5) is 10.8. The molecule has 0 amide bonds. The second-order valence-electron chi connectivity index (χ2n) is 7.57. The van der Waals surface area contributed by atoms with Crippen LogP contribution < -0.4 is 5.32 Å². The predicted octanol–water partition coefficient (Wildman–Crippen LogP) is 3.73. The Morgan fingerprint density at radius 1 is 0.917 bits per heavy atom. The number of piperidine rings is 1. The van der Waals surface area contributed by atoms with Gasteiger partial charge in [0, 0.05) is 12.5 Å². The minimum absolute atomic E-state index is 0.0341. The monoisotopic (exact) mass is 341 g/mol. The highest BCUT2D eigenvalue weighted by atomic mass is 16.3. The Balaban J connectivity index is 1.83. The lowest BCUT2D eigenvalue weighted by molar-refractivity contribution is -0.117. The maximum atomic E-state index is 10.8. The maximum Gasteiger partial charge on any atom is 0.129 e. The fraction of sp³-hybridized carbons (Fsp3) is 0.950. The second-order valence-corrected chi connectivity index (χ2v) is 7.57. The third kappa shape index (κ3) is 10.4.